The lowest BCUT2D eigenvalue weighted by molar-refractivity contribution is -0.133. The summed E-state index contributed by atoms with van der Waals surface area (Å²) in [5, 5.41) is 5.02. The second-order valence-corrected chi connectivity index (χ2v) is 6.99. The zero-order chi connectivity index (χ0) is 21.0. The third-order valence-corrected chi connectivity index (χ3v) is 4.49. The van der Waals surface area contributed by atoms with Gasteiger partial charge in [-0.2, -0.15) is 5.10 Å². The van der Waals surface area contributed by atoms with Gasteiger partial charge in [-0.05, 0) is 37.6 Å². The molecule has 2 aromatic heterocycles. The Labute approximate surface area is 169 Å². The summed E-state index contributed by atoms with van der Waals surface area (Å²) >= 11 is 0. The fourth-order valence-corrected chi connectivity index (χ4v) is 2.84. The molecule has 3 aromatic rings. The van der Waals surface area contributed by atoms with Crippen LogP contribution in [0.3, 0.4) is 0 Å². The predicted molar refractivity (Wildman–Crippen MR) is 108 cm³/mol. The number of esters is 1. The number of pyridine rings is 1. The fraction of sp³-hybridized carbons (Fsp3) is 0.333. The number of amides is 1. The SMILES string of the molecule is COc1ccc(CN(C)C(=O)COC(=O)c2cnc3c(cnn3C(C)C)c2)cc1. The number of benzene rings is 1. The first-order valence-electron chi connectivity index (χ1n) is 9.26. The van der Waals surface area contributed by atoms with Gasteiger partial charge >= 0.3 is 5.97 Å². The lowest BCUT2D eigenvalue weighted by atomic mass is 10.2. The number of fused-ring (bicyclic) bond motifs is 1. The number of nitrogens with zero attached hydrogens (tertiary/aromatic N) is 4. The second-order valence-electron chi connectivity index (χ2n) is 6.99. The van der Waals surface area contributed by atoms with E-state index < -0.39 is 5.97 Å². The largest absolute Gasteiger partial charge is 0.497 e. The average Bonchev–Trinajstić information content (AvgIpc) is 3.15. The number of hydrogen-bond donors (Lipinski definition) is 0. The Balaban J connectivity index is 1.57. The molecule has 0 atom stereocenters. The minimum absolute atomic E-state index is 0.164. The first-order chi connectivity index (χ1) is 13.9. The van der Waals surface area contributed by atoms with Crippen molar-refractivity contribution in [3.05, 3.63) is 53.9 Å². The molecule has 8 nitrogen and oxygen atoms in total. The highest BCUT2D eigenvalue weighted by Crippen LogP contribution is 2.17. The van der Waals surface area contributed by atoms with E-state index in [1.165, 1.54) is 11.1 Å². The van der Waals surface area contributed by atoms with E-state index in [0.29, 0.717) is 12.2 Å². The molecule has 0 bridgehead atoms. The van der Waals surface area contributed by atoms with Crippen molar-refractivity contribution in [2.24, 2.45) is 0 Å². The zero-order valence-corrected chi connectivity index (χ0v) is 17.0. The van der Waals surface area contributed by atoms with Crippen molar-refractivity contribution >= 4 is 22.9 Å². The number of ether oxygens (including phenoxy) is 2. The number of carbonyl (C=O) groups excluding carboxylic acids is 2. The average molecular weight is 396 g/mol. The van der Waals surface area contributed by atoms with Gasteiger partial charge in [0.2, 0.25) is 0 Å². The van der Waals surface area contributed by atoms with E-state index in [2.05, 4.69) is 10.1 Å². The highest BCUT2D eigenvalue weighted by Gasteiger charge is 2.16. The summed E-state index contributed by atoms with van der Waals surface area (Å²) in [6.07, 6.45) is 3.10. The molecule has 2 heterocycles. The maximum atomic E-state index is 12.3. The van der Waals surface area contributed by atoms with Crippen LogP contribution in [0.2, 0.25) is 0 Å². The molecule has 152 valence electrons. The summed E-state index contributed by atoms with van der Waals surface area (Å²) in [6.45, 7) is 4.08. The van der Waals surface area contributed by atoms with Gasteiger partial charge < -0.3 is 14.4 Å². The molecule has 3 rings (SSSR count). The highest BCUT2D eigenvalue weighted by molar-refractivity contribution is 5.94. The summed E-state index contributed by atoms with van der Waals surface area (Å²) in [4.78, 5) is 30.4. The minimum atomic E-state index is -0.595. The van der Waals surface area contributed by atoms with Gasteiger partial charge in [0.15, 0.2) is 12.3 Å². The molecular weight excluding hydrogens is 372 g/mol. The maximum Gasteiger partial charge on any atom is 0.340 e. The van der Waals surface area contributed by atoms with Crippen LogP contribution in [0.4, 0.5) is 0 Å². The molecule has 8 heteroatoms. The van der Waals surface area contributed by atoms with Crippen LogP contribution in [0.1, 0.15) is 35.8 Å². The molecule has 1 amide bonds. The van der Waals surface area contributed by atoms with Gasteiger partial charge in [0.1, 0.15) is 5.75 Å². The molecule has 0 aliphatic rings. The molecule has 0 radical (unpaired) electrons. The predicted octanol–water partition coefficient (Wildman–Crippen LogP) is 2.84. The van der Waals surface area contributed by atoms with Crippen molar-refractivity contribution in [3.8, 4) is 5.75 Å². The van der Waals surface area contributed by atoms with Crippen LogP contribution in [0.5, 0.6) is 5.75 Å². The van der Waals surface area contributed by atoms with Gasteiger partial charge in [0.25, 0.3) is 5.91 Å². The summed E-state index contributed by atoms with van der Waals surface area (Å²) < 4.78 is 12.1. The lowest BCUT2D eigenvalue weighted by Gasteiger charge is -2.17. The number of carbonyl (C=O) groups is 2. The Morgan fingerprint density at radius 1 is 1.17 bits per heavy atom. The third kappa shape index (κ3) is 4.71. The topological polar surface area (TPSA) is 86.5 Å². The van der Waals surface area contributed by atoms with E-state index in [4.69, 9.17) is 9.47 Å². The first-order valence-corrected chi connectivity index (χ1v) is 9.26. The Kier molecular flexibility index (Phi) is 6.11. The number of methoxy groups -OCH3 is 1. The normalized spacial score (nSPS) is 10.9. The molecule has 0 fully saturated rings. The smallest absolute Gasteiger partial charge is 0.340 e. The fourth-order valence-electron chi connectivity index (χ4n) is 2.84. The monoisotopic (exact) mass is 396 g/mol. The Hall–Kier alpha value is -3.42. The van der Waals surface area contributed by atoms with Gasteiger partial charge in [0.05, 0.1) is 18.9 Å². The van der Waals surface area contributed by atoms with Crippen LogP contribution in [-0.4, -0.2) is 52.3 Å². The van der Waals surface area contributed by atoms with E-state index >= 15 is 0 Å². The molecule has 1 aromatic carbocycles. The van der Waals surface area contributed by atoms with E-state index in [1.54, 1.807) is 31.1 Å². The molecule has 0 saturated carbocycles. The third-order valence-electron chi connectivity index (χ3n) is 4.49. The van der Waals surface area contributed by atoms with Gasteiger partial charge in [-0.1, -0.05) is 12.1 Å². The molecule has 0 N–H and O–H groups in total. The first kappa shape index (κ1) is 20.3. The van der Waals surface area contributed by atoms with Crippen molar-refractivity contribution in [1.29, 1.82) is 0 Å². The molecule has 0 saturated heterocycles. The van der Waals surface area contributed by atoms with E-state index in [-0.39, 0.29) is 24.1 Å². The van der Waals surface area contributed by atoms with E-state index in [0.717, 1.165) is 16.7 Å². The van der Waals surface area contributed by atoms with Crippen LogP contribution in [-0.2, 0) is 16.1 Å². The Morgan fingerprint density at radius 2 is 1.90 bits per heavy atom. The van der Waals surface area contributed by atoms with Crippen LogP contribution < -0.4 is 4.74 Å². The standard InChI is InChI=1S/C21H24N4O4/c1-14(2)25-20-16(11-23-25)9-17(10-22-20)21(27)29-13-19(26)24(3)12-15-5-7-18(28-4)8-6-15/h5-11,14H,12-13H2,1-4H3. The lowest BCUT2D eigenvalue weighted by Crippen LogP contribution is -2.30. The van der Waals surface area contributed by atoms with Gasteiger partial charge in [-0.25, -0.2) is 14.5 Å². The van der Waals surface area contributed by atoms with Crippen molar-refractivity contribution in [2.45, 2.75) is 26.4 Å². The number of likely N-dealkylation sites (N-methyl/N-ethyl adjacent to an activating group) is 1. The van der Waals surface area contributed by atoms with Crippen LogP contribution in [0.25, 0.3) is 11.0 Å². The van der Waals surface area contributed by atoms with Gasteiger partial charge in [-0.15, -0.1) is 0 Å². The zero-order valence-electron chi connectivity index (χ0n) is 17.0. The van der Waals surface area contributed by atoms with Crippen molar-refractivity contribution in [3.63, 3.8) is 0 Å². The quantitative estimate of drug-likeness (QED) is 0.571. The van der Waals surface area contributed by atoms with E-state index in [9.17, 15) is 9.59 Å². The molecular formula is C21H24N4O4. The summed E-state index contributed by atoms with van der Waals surface area (Å²) in [6, 6.07) is 9.26. The van der Waals surface area contributed by atoms with Crippen molar-refractivity contribution in [1.82, 2.24) is 19.7 Å². The number of aromatic nitrogens is 3. The molecule has 0 spiro atoms. The maximum absolute atomic E-state index is 12.3. The molecule has 0 aliphatic heterocycles. The number of hydrogen-bond acceptors (Lipinski definition) is 6. The molecule has 0 unspecified atom stereocenters. The van der Waals surface area contributed by atoms with Crippen LogP contribution in [0.15, 0.2) is 42.7 Å². The second kappa shape index (κ2) is 8.72. The van der Waals surface area contributed by atoms with Gasteiger partial charge in [-0.3, -0.25) is 4.79 Å². The highest BCUT2D eigenvalue weighted by atomic mass is 16.5. The minimum Gasteiger partial charge on any atom is -0.497 e. The number of rotatable bonds is 7. The van der Waals surface area contributed by atoms with Crippen LogP contribution in [0, 0.1) is 0 Å². The summed E-state index contributed by atoms with van der Waals surface area (Å²) in [7, 11) is 3.26. The van der Waals surface area contributed by atoms with Gasteiger partial charge in [0, 0.05) is 31.2 Å². The van der Waals surface area contributed by atoms with Crippen molar-refractivity contribution < 1.29 is 19.1 Å². The van der Waals surface area contributed by atoms with Crippen molar-refractivity contribution in [2.75, 3.05) is 20.8 Å². The van der Waals surface area contributed by atoms with E-state index in [1.807, 2.05) is 38.1 Å². The van der Waals surface area contributed by atoms with Crippen LogP contribution >= 0.6 is 0 Å². The molecule has 0 aliphatic carbocycles. The summed E-state index contributed by atoms with van der Waals surface area (Å²) in [5.74, 6) is -0.139. The summed E-state index contributed by atoms with van der Waals surface area (Å²) in [5.41, 5.74) is 1.93. The Morgan fingerprint density at radius 3 is 2.55 bits per heavy atom. The molecule has 29 heavy (non-hydrogen) atoms. The Bertz CT molecular complexity index is 1010.